The molecule has 0 radical (unpaired) electrons. The minimum absolute atomic E-state index is 0.0749. The Morgan fingerprint density at radius 2 is 1.52 bits per heavy atom. The highest BCUT2D eigenvalue weighted by Crippen LogP contribution is 2.29. The SMILES string of the molecule is O=C(Nc1ccc(S(=O)(=O)N2CCCCCC2)cc1)C1CC(=O)N(C2CCCCC2)C1. The molecule has 1 N–H and O–H groups in total. The van der Waals surface area contributed by atoms with Crippen LogP contribution in [0.4, 0.5) is 5.69 Å². The summed E-state index contributed by atoms with van der Waals surface area (Å²) in [7, 11) is -3.50. The second kappa shape index (κ2) is 9.69. The first kappa shape index (κ1) is 22.3. The van der Waals surface area contributed by atoms with Crippen LogP contribution in [0.3, 0.4) is 0 Å². The number of anilines is 1. The van der Waals surface area contributed by atoms with Crippen LogP contribution in [0.15, 0.2) is 29.2 Å². The van der Waals surface area contributed by atoms with E-state index >= 15 is 0 Å². The summed E-state index contributed by atoms with van der Waals surface area (Å²) in [4.78, 5) is 27.3. The number of sulfonamides is 1. The molecule has 1 unspecified atom stereocenters. The Kier molecular flexibility index (Phi) is 6.96. The average molecular weight is 448 g/mol. The molecule has 0 aromatic heterocycles. The van der Waals surface area contributed by atoms with Crippen LogP contribution in [-0.4, -0.2) is 55.1 Å². The van der Waals surface area contributed by atoms with Crippen molar-refractivity contribution < 1.29 is 18.0 Å². The Balaban J connectivity index is 1.36. The van der Waals surface area contributed by atoms with Crippen molar-refractivity contribution in [3.63, 3.8) is 0 Å². The van der Waals surface area contributed by atoms with Gasteiger partial charge in [0.05, 0.1) is 10.8 Å². The minimum atomic E-state index is -3.50. The van der Waals surface area contributed by atoms with E-state index in [1.165, 1.54) is 6.42 Å². The van der Waals surface area contributed by atoms with Crippen LogP contribution >= 0.6 is 0 Å². The third kappa shape index (κ3) is 5.12. The molecule has 0 bridgehead atoms. The van der Waals surface area contributed by atoms with E-state index in [-0.39, 0.29) is 35.1 Å². The van der Waals surface area contributed by atoms with Gasteiger partial charge in [-0.3, -0.25) is 9.59 Å². The van der Waals surface area contributed by atoms with Gasteiger partial charge in [0.2, 0.25) is 21.8 Å². The second-order valence-corrected chi connectivity index (χ2v) is 11.0. The second-order valence-electron chi connectivity index (χ2n) is 9.07. The summed E-state index contributed by atoms with van der Waals surface area (Å²) in [6, 6.07) is 6.67. The highest BCUT2D eigenvalue weighted by atomic mass is 32.2. The van der Waals surface area contributed by atoms with E-state index in [0.29, 0.717) is 25.3 Å². The normalized spacial score (nSPS) is 24.2. The first-order chi connectivity index (χ1) is 14.9. The summed E-state index contributed by atoms with van der Waals surface area (Å²) in [6.45, 7) is 1.61. The first-order valence-electron chi connectivity index (χ1n) is 11.7. The van der Waals surface area contributed by atoms with Gasteiger partial charge in [0.1, 0.15) is 0 Å². The van der Waals surface area contributed by atoms with Crippen LogP contribution in [0.1, 0.15) is 64.2 Å². The van der Waals surface area contributed by atoms with Crippen LogP contribution in [-0.2, 0) is 19.6 Å². The van der Waals surface area contributed by atoms with Crippen LogP contribution in [0, 0.1) is 5.92 Å². The number of benzene rings is 1. The zero-order valence-electron chi connectivity index (χ0n) is 18.1. The lowest BCUT2D eigenvalue weighted by atomic mass is 9.94. The van der Waals surface area contributed by atoms with Crippen molar-refractivity contribution in [3.05, 3.63) is 24.3 Å². The molecule has 2 amide bonds. The molecule has 1 atom stereocenters. The Labute approximate surface area is 185 Å². The van der Waals surface area contributed by atoms with Crippen molar-refractivity contribution in [2.24, 2.45) is 5.92 Å². The number of nitrogens with one attached hydrogen (secondary N) is 1. The van der Waals surface area contributed by atoms with Gasteiger partial charge >= 0.3 is 0 Å². The molecule has 8 heteroatoms. The fourth-order valence-corrected chi connectivity index (χ4v) is 6.56. The molecule has 4 rings (SSSR count). The van der Waals surface area contributed by atoms with Crippen LogP contribution < -0.4 is 5.32 Å². The number of carbonyl (C=O) groups excluding carboxylic acids is 2. The summed E-state index contributed by atoms with van der Waals surface area (Å²) in [6.07, 6.45) is 9.78. The number of amides is 2. The standard InChI is InChI=1S/C23H33N3O4S/c27-22-16-18(17-26(22)20-8-4-3-5-9-20)23(28)24-19-10-12-21(13-11-19)31(29,30)25-14-6-1-2-7-15-25/h10-13,18,20H,1-9,14-17H2,(H,24,28). The Bertz CT molecular complexity index is 886. The van der Waals surface area contributed by atoms with Gasteiger partial charge in [-0.2, -0.15) is 4.31 Å². The van der Waals surface area contributed by atoms with Gasteiger partial charge < -0.3 is 10.2 Å². The van der Waals surface area contributed by atoms with Gasteiger partial charge in [-0.1, -0.05) is 32.1 Å². The largest absolute Gasteiger partial charge is 0.339 e. The molecule has 2 saturated heterocycles. The molecule has 3 aliphatic rings. The summed E-state index contributed by atoms with van der Waals surface area (Å²) in [5.41, 5.74) is 0.559. The highest BCUT2D eigenvalue weighted by Gasteiger charge is 2.38. The van der Waals surface area contributed by atoms with Gasteiger partial charge in [0.15, 0.2) is 0 Å². The smallest absolute Gasteiger partial charge is 0.243 e. The monoisotopic (exact) mass is 447 g/mol. The summed E-state index contributed by atoms with van der Waals surface area (Å²) >= 11 is 0. The quantitative estimate of drug-likeness (QED) is 0.750. The molecule has 31 heavy (non-hydrogen) atoms. The lowest BCUT2D eigenvalue weighted by Gasteiger charge is -2.31. The van der Waals surface area contributed by atoms with Crippen molar-refractivity contribution in [1.29, 1.82) is 0 Å². The van der Waals surface area contributed by atoms with Crippen molar-refractivity contribution in [2.45, 2.75) is 75.1 Å². The van der Waals surface area contributed by atoms with Crippen LogP contribution in [0.25, 0.3) is 0 Å². The van der Waals surface area contributed by atoms with E-state index in [1.54, 1.807) is 28.6 Å². The highest BCUT2D eigenvalue weighted by molar-refractivity contribution is 7.89. The molecule has 2 heterocycles. The number of rotatable bonds is 5. The van der Waals surface area contributed by atoms with E-state index < -0.39 is 10.0 Å². The lowest BCUT2D eigenvalue weighted by molar-refractivity contribution is -0.130. The molecular weight excluding hydrogens is 414 g/mol. The van der Waals surface area contributed by atoms with Gasteiger partial charge in [0.25, 0.3) is 0 Å². The van der Waals surface area contributed by atoms with E-state index in [0.717, 1.165) is 51.4 Å². The summed E-state index contributed by atoms with van der Waals surface area (Å²) in [5, 5.41) is 2.87. The average Bonchev–Trinajstić information content (AvgIpc) is 2.98. The van der Waals surface area contributed by atoms with Crippen molar-refractivity contribution >= 4 is 27.5 Å². The van der Waals surface area contributed by atoms with Crippen LogP contribution in [0.2, 0.25) is 0 Å². The van der Waals surface area contributed by atoms with Gasteiger partial charge in [-0.25, -0.2) is 8.42 Å². The number of likely N-dealkylation sites (tertiary alicyclic amines) is 1. The summed E-state index contributed by atoms with van der Waals surface area (Å²) in [5.74, 6) is -0.448. The maximum atomic E-state index is 12.9. The maximum absolute atomic E-state index is 12.9. The van der Waals surface area contributed by atoms with Crippen molar-refractivity contribution in [1.82, 2.24) is 9.21 Å². The fraction of sp³-hybridized carbons (Fsp3) is 0.652. The number of nitrogens with zero attached hydrogens (tertiary/aromatic N) is 2. The molecule has 1 saturated carbocycles. The van der Waals surface area contributed by atoms with Gasteiger partial charge in [-0.15, -0.1) is 0 Å². The Morgan fingerprint density at radius 1 is 0.903 bits per heavy atom. The Morgan fingerprint density at radius 3 is 2.16 bits per heavy atom. The van der Waals surface area contributed by atoms with Gasteiger partial charge in [0, 0.05) is 37.8 Å². The molecule has 3 fully saturated rings. The number of hydrogen-bond acceptors (Lipinski definition) is 4. The van der Waals surface area contributed by atoms with Crippen molar-refractivity contribution in [2.75, 3.05) is 25.0 Å². The summed E-state index contributed by atoms with van der Waals surface area (Å²) < 4.78 is 27.4. The molecule has 7 nitrogen and oxygen atoms in total. The molecule has 2 aliphatic heterocycles. The van der Waals surface area contributed by atoms with Gasteiger partial charge in [-0.05, 0) is 49.9 Å². The number of carbonyl (C=O) groups is 2. The molecule has 1 aromatic rings. The number of hydrogen-bond donors (Lipinski definition) is 1. The molecular formula is C23H33N3O4S. The van der Waals surface area contributed by atoms with E-state index in [2.05, 4.69) is 5.32 Å². The lowest BCUT2D eigenvalue weighted by Crippen LogP contribution is -2.38. The first-order valence-corrected chi connectivity index (χ1v) is 13.1. The fourth-order valence-electron chi connectivity index (χ4n) is 5.04. The van der Waals surface area contributed by atoms with Crippen LogP contribution in [0.5, 0.6) is 0 Å². The molecule has 1 aromatic carbocycles. The zero-order chi connectivity index (χ0) is 21.8. The van der Waals surface area contributed by atoms with E-state index in [9.17, 15) is 18.0 Å². The maximum Gasteiger partial charge on any atom is 0.243 e. The topological polar surface area (TPSA) is 86.8 Å². The predicted molar refractivity (Wildman–Crippen MR) is 119 cm³/mol. The zero-order valence-corrected chi connectivity index (χ0v) is 18.9. The Hall–Kier alpha value is -1.93. The molecule has 1 aliphatic carbocycles. The van der Waals surface area contributed by atoms with E-state index in [1.807, 2.05) is 4.90 Å². The molecule has 0 spiro atoms. The third-order valence-corrected chi connectivity index (χ3v) is 8.78. The molecule has 170 valence electrons. The third-order valence-electron chi connectivity index (χ3n) is 6.87. The van der Waals surface area contributed by atoms with E-state index in [4.69, 9.17) is 0 Å². The van der Waals surface area contributed by atoms with Crippen molar-refractivity contribution in [3.8, 4) is 0 Å². The predicted octanol–water partition coefficient (Wildman–Crippen LogP) is 3.37. The minimum Gasteiger partial charge on any atom is -0.339 e.